The summed E-state index contributed by atoms with van der Waals surface area (Å²) in [6.07, 6.45) is 1.54. The van der Waals surface area contributed by atoms with Crippen molar-refractivity contribution in [3.8, 4) is 11.5 Å². The molecule has 1 aromatic carbocycles. The maximum Gasteiger partial charge on any atom is 0.344 e. The number of methoxy groups -OCH3 is 1. The van der Waals surface area contributed by atoms with Gasteiger partial charge in [0.1, 0.15) is 5.82 Å². The van der Waals surface area contributed by atoms with E-state index in [4.69, 9.17) is 19.9 Å². The number of esters is 1. The third-order valence-corrected chi connectivity index (χ3v) is 3.52. The molecule has 24 heavy (non-hydrogen) atoms. The van der Waals surface area contributed by atoms with Crippen LogP contribution < -0.4 is 20.6 Å². The highest BCUT2D eigenvalue weighted by Gasteiger charge is 2.12. The van der Waals surface area contributed by atoms with E-state index in [1.807, 2.05) is 0 Å². The average molecular weight is 350 g/mol. The Balaban J connectivity index is 2.11. The third kappa shape index (κ3) is 4.85. The van der Waals surface area contributed by atoms with Gasteiger partial charge in [-0.2, -0.15) is 5.10 Å². The van der Waals surface area contributed by atoms with Gasteiger partial charge < -0.3 is 19.9 Å². The number of nitrogens with one attached hydrogen (secondary N) is 1. The third-order valence-electron chi connectivity index (χ3n) is 2.75. The Morgan fingerprint density at radius 3 is 3.00 bits per heavy atom. The molecule has 0 fully saturated rings. The predicted octanol–water partition coefficient (Wildman–Crippen LogP) is 2.12. The number of thiazole rings is 1. The molecule has 0 radical (unpaired) electrons. The summed E-state index contributed by atoms with van der Waals surface area (Å²) < 4.78 is 15.6. The van der Waals surface area contributed by atoms with E-state index in [9.17, 15) is 4.79 Å². The molecule has 8 nitrogen and oxygen atoms in total. The smallest absolute Gasteiger partial charge is 0.344 e. The SMILES string of the molecule is CCOC(=O)COc1c(C=NNc2nc(N)cs2)cccc1OC. The summed E-state index contributed by atoms with van der Waals surface area (Å²) in [5.41, 5.74) is 8.95. The maximum absolute atomic E-state index is 11.5. The van der Waals surface area contributed by atoms with Gasteiger partial charge in [-0.15, -0.1) is 11.3 Å². The summed E-state index contributed by atoms with van der Waals surface area (Å²) in [7, 11) is 1.52. The van der Waals surface area contributed by atoms with Crippen molar-refractivity contribution in [1.82, 2.24) is 4.98 Å². The maximum atomic E-state index is 11.5. The predicted molar refractivity (Wildman–Crippen MR) is 92.9 cm³/mol. The lowest BCUT2D eigenvalue weighted by Crippen LogP contribution is -2.15. The van der Waals surface area contributed by atoms with Gasteiger partial charge in [0, 0.05) is 10.9 Å². The van der Waals surface area contributed by atoms with Gasteiger partial charge in [-0.25, -0.2) is 9.78 Å². The lowest BCUT2D eigenvalue weighted by molar-refractivity contribution is -0.145. The van der Waals surface area contributed by atoms with Crippen LogP contribution in [-0.4, -0.2) is 37.5 Å². The normalized spacial score (nSPS) is 10.6. The molecule has 0 aliphatic rings. The van der Waals surface area contributed by atoms with Crippen molar-refractivity contribution >= 4 is 34.5 Å². The Bertz CT molecular complexity index is 717. The van der Waals surface area contributed by atoms with Crippen molar-refractivity contribution < 1.29 is 19.0 Å². The van der Waals surface area contributed by atoms with Crippen LogP contribution in [0.4, 0.5) is 10.9 Å². The summed E-state index contributed by atoms with van der Waals surface area (Å²) in [6, 6.07) is 5.30. The zero-order valence-corrected chi connectivity index (χ0v) is 14.1. The molecule has 0 aliphatic heterocycles. The summed E-state index contributed by atoms with van der Waals surface area (Å²) in [5, 5.41) is 6.37. The molecule has 1 aromatic heterocycles. The van der Waals surface area contributed by atoms with Crippen LogP contribution in [0.15, 0.2) is 28.7 Å². The largest absolute Gasteiger partial charge is 0.493 e. The van der Waals surface area contributed by atoms with Crippen LogP contribution in [0, 0.1) is 0 Å². The Labute approximate surface area is 143 Å². The number of nitrogens with two attached hydrogens (primary N) is 1. The Kier molecular flexibility index (Phi) is 6.38. The highest BCUT2D eigenvalue weighted by Crippen LogP contribution is 2.30. The number of carbonyl (C=O) groups is 1. The number of aromatic nitrogens is 1. The van der Waals surface area contributed by atoms with E-state index >= 15 is 0 Å². The first kappa shape index (κ1) is 17.5. The summed E-state index contributed by atoms with van der Waals surface area (Å²) >= 11 is 1.34. The van der Waals surface area contributed by atoms with E-state index in [0.717, 1.165) is 0 Å². The highest BCUT2D eigenvalue weighted by molar-refractivity contribution is 7.14. The lowest BCUT2D eigenvalue weighted by Gasteiger charge is -2.12. The van der Waals surface area contributed by atoms with E-state index in [0.29, 0.717) is 34.6 Å². The van der Waals surface area contributed by atoms with Crippen LogP contribution >= 0.6 is 11.3 Å². The zero-order valence-electron chi connectivity index (χ0n) is 13.3. The minimum absolute atomic E-state index is 0.217. The van der Waals surface area contributed by atoms with E-state index in [-0.39, 0.29) is 6.61 Å². The van der Waals surface area contributed by atoms with Gasteiger partial charge in [0.15, 0.2) is 18.1 Å². The highest BCUT2D eigenvalue weighted by atomic mass is 32.1. The zero-order chi connectivity index (χ0) is 17.4. The van der Waals surface area contributed by atoms with Gasteiger partial charge in [-0.3, -0.25) is 5.43 Å². The van der Waals surface area contributed by atoms with Gasteiger partial charge in [-0.1, -0.05) is 6.07 Å². The van der Waals surface area contributed by atoms with Gasteiger partial charge in [0.05, 0.1) is 19.9 Å². The lowest BCUT2D eigenvalue weighted by atomic mass is 10.2. The quantitative estimate of drug-likeness (QED) is 0.426. The minimum Gasteiger partial charge on any atom is -0.493 e. The Morgan fingerprint density at radius 1 is 1.50 bits per heavy atom. The second-order valence-corrected chi connectivity index (χ2v) is 5.28. The van der Waals surface area contributed by atoms with Gasteiger partial charge in [-0.05, 0) is 19.1 Å². The topological polar surface area (TPSA) is 108 Å². The molecule has 3 N–H and O–H groups in total. The van der Waals surface area contributed by atoms with E-state index in [1.165, 1.54) is 18.4 Å². The number of rotatable bonds is 8. The van der Waals surface area contributed by atoms with E-state index < -0.39 is 5.97 Å². The van der Waals surface area contributed by atoms with Crippen molar-refractivity contribution in [3.63, 3.8) is 0 Å². The fourth-order valence-electron chi connectivity index (χ4n) is 1.78. The molecule has 0 aliphatic carbocycles. The van der Waals surface area contributed by atoms with Crippen LogP contribution in [0.1, 0.15) is 12.5 Å². The molecule has 0 bridgehead atoms. The molecular formula is C15H18N4O4S. The van der Waals surface area contributed by atoms with Gasteiger partial charge >= 0.3 is 5.97 Å². The molecular weight excluding hydrogens is 332 g/mol. The van der Waals surface area contributed by atoms with Crippen LogP contribution in [0.25, 0.3) is 0 Å². The molecule has 0 spiro atoms. The fraction of sp³-hybridized carbons (Fsp3) is 0.267. The minimum atomic E-state index is -0.456. The number of hydrogen-bond donors (Lipinski definition) is 2. The molecule has 0 saturated heterocycles. The standard InChI is InChI=1S/C15H18N4O4S/c1-3-22-13(20)8-23-14-10(5-4-6-11(14)21-2)7-17-19-15-18-12(16)9-24-15/h4-7,9H,3,8,16H2,1-2H3,(H,18,19). The number of hydrogen-bond acceptors (Lipinski definition) is 9. The van der Waals surface area contributed by atoms with Crippen molar-refractivity contribution in [2.75, 3.05) is 31.5 Å². The monoisotopic (exact) mass is 350 g/mol. The van der Waals surface area contributed by atoms with Crippen molar-refractivity contribution in [3.05, 3.63) is 29.1 Å². The number of benzene rings is 1. The van der Waals surface area contributed by atoms with Crippen LogP contribution in [-0.2, 0) is 9.53 Å². The second kappa shape index (κ2) is 8.73. The van der Waals surface area contributed by atoms with Gasteiger partial charge in [0.25, 0.3) is 0 Å². The summed E-state index contributed by atoms with van der Waals surface area (Å²) in [4.78, 5) is 15.5. The van der Waals surface area contributed by atoms with Crippen LogP contribution in [0.3, 0.4) is 0 Å². The number of nitrogens with zero attached hydrogens (tertiary/aromatic N) is 2. The van der Waals surface area contributed by atoms with Crippen molar-refractivity contribution in [1.29, 1.82) is 0 Å². The number of hydrazone groups is 1. The molecule has 9 heteroatoms. The molecule has 1 heterocycles. The average Bonchev–Trinajstić information content (AvgIpc) is 2.99. The molecule has 0 unspecified atom stereocenters. The molecule has 0 atom stereocenters. The number of nitrogen functional groups attached to an aromatic ring is 1. The van der Waals surface area contributed by atoms with E-state index in [2.05, 4.69) is 15.5 Å². The summed E-state index contributed by atoms with van der Waals surface area (Å²) in [5.74, 6) is 0.860. The first-order chi connectivity index (χ1) is 11.6. The second-order valence-electron chi connectivity index (χ2n) is 4.42. The van der Waals surface area contributed by atoms with Crippen LogP contribution in [0.2, 0.25) is 0 Å². The first-order valence-electron chi connectivity index (χ1n) is 7.09. The number of anilines is 2. The fourth-order valence-corrected chi connectivity index (χ4v) is 2.33. The molecule has 2 rings (SSSR count). The molecule has 128 valence electrons. The molecule has 2 aromatic rings. The summed E-state index contributed by atoms with van der Waals surface area (Å²) in [6.45, 7) is 1.81. The number of para-hydroxylation sites is 1. The van der Waals surface area contributed by atoms with Crippen LogP contribution in [0.5, 0.6) is 11.5 Å². The molecule has 0 saturated carbocycles. The number of carbonyl (C=O) groups excluding carboxylic acids is 1. The first-order valence-corrected chi connectivity index (χ1v) is 7.97. The van der Waals surface area contributed by atoms with Crippen molar-refractivity contribution in [2.45, 2.75) is 6.92 Å². The van der Waals surface area contributed by atoms with Gasteiger partial charge in [0.2, 0.25) is 5.13 Å². The Hall–Kier alpha value is -2.81. The number of ether oxygens (including phenoxy) is 3. The van der Waals surface area contributed by atoms with Crippen molar-refractivity contribution in [2.24, 2.45) is 5.10 Å². The Morgan fingerprint density at radius 2 is 2.33 bits per heavy atom. The van der Waals surface area contributed by atoms with E-state index in [1.54, 1.807) is 36.7 Å². The molecule has 0 amide bonds.